The summed E-state index contributed by atoms with van der Waals surface area (Å²) in [5.74, 6) is -1.74. The molecule has 3 rings (SSSR count). The van der Waals surface area contributed by atoms with Crippen molar-refractivity contribution < 1.29 is 29.3 Å². The van der Waals surface area contributed by atoms with E-state index in [1.54, 1.807) is 12.1 Å². The fourth-order valence-electron chi connectivity index (χ4n) is 4.75. The van der Waals surface area contributed by atoms with Crippen molar-refractivity contribution in [1.29, 1.82) is 0 Å². The van der Waals surface area contributed by atoms with Gasteiger partial charge in [0.05, 0.1) is 18.6 Å². The van der Waals surface area contributed by atoms with Crippen LogP contribution in [0.15, 0.2) is 54.6 Å². The Morgan fingerprint density at radius 3 is 2.11 bits per heavy atom. The second-order valence-corrected chi connectivity index (χ2v) is 9.42. The molecule has 0 unspecified atom stereocenters. The molecule has 0 radical (unpaired) electrons. The van der Waals surface area contributed by atoms with Crippen molar-refractivity contribution in [3.05, 3.63) is 71.8 Å². The summed E-state index contributed by atoms with van der Waals surface area (Å²) < 4.78 is 15.8. The van der Waals surface area contributed by atoms with Gasteiger partial charge in [-0.1, -0.05) is 42.5 Å². The van der Waals surface area contributed by atoms with Crippen LogP contribution in [0.2, 0.25) is 0 Å². The number of nitrogens with zero attached hydrogens (tertiary/aromatic N) is 1. The van der Waals surface area contributed by atoms with Crippen LogP contribution >= 0.6 is 0 Å². The van der Waals surface area contributed by atoms with Crippen LogP contribution in [0.3, 0.4) is 0 Å². The van der Waals surface area contributed by atoms with Crippen LogP contribution in [-0.4, -0.2) is 80.1 Å². The number of carbonyl (C=O) groups excluding carboxylic acids is 1. The summed E-state index contributed by atoms with van der Waals surface area (Å²) in [5, 5.41) is 32.4. The summed E-state index contributed by atoms with van der Waals surface area (Å²) >= 11 is 0. The number of nitrogens with one attached hydrogen (secondary N) is 1. The Bertz CT molecular complexity index is 1210. The zero-order valence-corrected chi connectivity index (χ0v) is 21.4. The molecule has 0 fully saturated rings. The number of rotatable bonds is 12. The summed E-state index contributed by atoms with van der Waals surface area (Å²) in [4.78, 5) is 24.4. The summed E-state index contributed by atoms with van der Waals surface area (Å²) in [7, 11) is 0. The van der Waals surface area contributed by atoms with Crippen LogP contribution in [0.1, 0.15) is 62.3 Å². The summed E-state index contributed by atoms with van der Waals surface area (Å²) in [6.07, 6.45) is -2.03. The second kappa shape index (κ2) is 14.6. The molecule has 0 aliphatic rings. The quantitative estimate of drug-likeness (QED) is 0.261. The van der Waals surface area contributed by atoms with Crippen molar-refractivity contribution in [2.24, 2.45) is 0 Å². The molecule has 200 valence electrons. The van der Waals surface area contributed by atoms with Gasteiger partial charge in [-0.05, 0) is 63.3 Å². The van der Waals surface area contributed by atoms with E-state index in [2.05, 4.69) is 5.32 Å². The van der Waals surface area contributed by atoms with Crippen LogP contribution in [0, 0.1) is 5.82 Å². The molecule has 0 saturated heterocycles. The number of carboxylic acids is 1. The van der Waals surface area contributed by atoms with Gasteiger partial charge in [-0.3, -0.25) is 9.59 Å². The molecule has 0 saturated carbocycles. The molecule has 0 spiro atoms. The molecule has 0 bridgehead atoms. The van der Waals surface area contributed by atoms with E-state index in [0.29, 0.717) is 18.7 Å². The Hall–Kier alpha value is -2.49. The minimum absolute atomic E-state index is 0. The number of halogens is 1. The average Bonchev–Trinajstić information content (AvgIpc) is 3.19. The number of benzene rings is 2. The van der Waals surface area contributed by atoms with Crippen LogP contribution in [0.5, 0.6) is 0 Å². The van der Waals surface area contributed by atoms with Gasteiger partial charge in [0.1, 0.15) is 11.5 Å². The molecule has 1 heterocycles. The van der Waals surface area contributed by atoms with E-state index in [1.165, 1.54) is 12.1 Å². The molecular formula is C29H36FN2NaO5. The van der Waals surface area contributed by atoms with Crippen molar-refractivity contribution in [3.63, 3.8) is 0 Å². The van der Waals surface area contributed by atoms with E-state index in [-0.39, 0.29) is 60.2 Å². The maximum atomic E-state index is 13.9. The van der Waals surface area contributed by atoms with Gasteiger partial charge < -0.3 is 25.2 Å². The van der Waals surface area contributed by atoms with Gasteiger partial charge >= 0.3 is 35.5 Å². The first-order chi connectivity index (χ1) is 17.6. The number of carbonyl (C=O) groups is 2. The number of carboxylic acid groups (broad SMARTS) is 1. The minimum atomic E-state index is -1.16. The third kappa shape index (κ3) is 7.77. The number of hydrogen-bond acceptors (Lipinski definition) is 4. The Balaban J connectivity index is 0.00000507. The van der Waals surface area contributed by atoms with Crippen molar-refractivity contribution >= 4 is 41.4 Å². The van der Waals surface area contributed by atoms with Crippen LogP contribution in [-0.2, 0) is 11.2 Å². The molecular weight excluding hydrogens is 498 g/mol. The Morgan fingerprint density at radius 2 is 1.55 bits per heavy atom. The number of aromatic nitrogens is 1. The molecule has 9 heteroatoms. The maximum absolute atomic E-state index is 13.9. The molecule has 2 atom stereocenters. The second-order valence-electron chi connectivity index (χ2n) is 9.42. The van der Waals surface area contributed by atoms with Gasteiger partial charge in [-0.25, -0.2) is 4.39 Å². The number of aliphatic hydroxyl groups is 2. The van der Waals surface area contributed by atoms with E-state index in [4.69, 9.17) is 5.11 Å². The summed E-state index contributed by atoms with van der Waals surface area (Å²) in [5.41, 5.74) is 4.36. The Kier molecular flexibility index (Phi) is 12.2. The molecule has 4 N–H and O–H groups in total. The fraction of sp³-hybridized carbons (Fsp3) is 0.379. The third-order valence-corrected chi connectivity index (χ3v) is 6.24. The Labute approximate surface area is 245 Å². The number of hydrogen-bond donors (Lipinski definition) is 4. The third-order valence-electron chi connectivity index (χ3n) is 6.24. The molecule has 1 amide bonds. The molecule has 2 aromatic carbocycles. The standard InChI is InChI=1S/C29H35FN2O5.Na.H/c1-4-31-29(37)28-27(19-8-6-5-7-9-19)26(20-10-12-21(30)13-11-20)24(32(28)18(2)3)15-14-22(33)16-23(34)17-25(35)36;;/h5-13,18,22-23,33-34H,4,14-17H2,1-3H3,(H,31,37)(H,35,36);;/t22-,23-;;/m1../s1. The molecule has 0 aliphatic carbocycles. The van der Waals surface area contributed by atoms with Crippen LogP contribution in [0.4, 0.5) is 4.39 Å². The summed E-state index contributed by atoms with van der Waals surface area (Å²) in [6, 6.07) is 15.5. The van der Waals surface area contributed by atoms with Crippen molar-refractivity contribution in [2.75, 3.05) is 6.54 Å². The number of aliphatic hydroxyl groups excluding tert-OH is 2. The van der Waals surface area contributed by atoms with Gasteiger partial charge in [-0.2, -0.15) is 0 Å². The molecule has 7 nitrogen and oxygen atoms in total. The van der Waals surface area contributed by atoms with Gasteiger partial charge in [-0.15, -0.1) is 0 Å². The van der Waals surface area contributed by atoms with Crippen LogP contribution in [0.25, 0.3) is 22.3 Å². The number of amides is 1. The topological polar surface area (TPSA) is 112 Å². The first-order valence-electron chi connectivity index (χ1n) is 12.6. The fourth-order valence-corrected chi connectivity index (χ4v) is 4.75. The zero-order valence-electron chi connectivity index (χ0n) is 21.4. The first-order valence-corrected chi connectivity index (χ1v) is 12.6. The van der Waals surface area contributed by atoms with Gasteiger partial charge in [0.25, 0.3) is 5.91 Å². The molecule has 0 aliphatic heterocycles. The molecule has 38 heavy (non-hydrogen) atoms. The van der Waals surface area contributed by atoms with E-state index in [9.17, 15) is 24.2 Å². The zero-order chi connectivity index (χ0) is 27.1. The van der Waals surface area contributed by atoms with Crippen molar-refractivity contribution in [1.82, 2.24) is 9.88 Å². The van der Waals surface area contributed by atoms with Crippen molar-refractivity contribution in [2.45, 2.75) is 64.7 Å². The van der Waals surface area contributed by atoms with E-state index in [0.717, 1.165) is 27.9 Å². The van der Waals surface area contributed by atoms with Gasteiger partial charge in [0.2, 0.25) is 0 Å². The van der Waals surface area contributed by atoms with E-state index in [1.807, 2.05) is 55.7 Å². The van der Waals surface area contributed by atoms with E-state index < -0.39 is 24.6 Å². The van der Waals surface area contributed by atoms with Crippen LogP contribution < -0.4 is 5.32 Å². The number of aliphatic carboxylic acids is 1. The normalized spacial score (nSPS) is 12.6. The van der Waals surface area contributed by atoms with Gasteiger partial charge in [0.15, 0.2) is 0 Å². The Morgan fingerprint density at radius 1 is 0.947 bits per heavy atom. The van der Waals surface area contributed by atoms with E-state index >= 15 is 0 Å². The molecule has 1 aromatic heterocycles. The SMILES string of the molecule is CCNC(=O)c1c(-c2ccccc2)c(-c2ccc(F)cc2)c(CC[C@@H](O)C[C@@H](O)CC(=O)O)n1C(C)C.[NaH]. The van der Waals surface area contributed by atoms with Gasteiger partial charge in [0, 0.05) is 29.4 Å². The van der Waals surface area contributed by atoms with Crippen molar-refractivity contribution in [3.8, 4) is 22.3 Å². The first kappa shape index (κ1) is 31.7. The molecule has 3 aromatic rings. The monoisotopic (exact) mass is 534 g/mol. The summed E-state index contributed by atoms with van der Waals surface area (Å²) in [6.45, 7) is 6.24. The average molecular weight is 535 g/mol. The predicted octanol–water partition coefficient (Wildman–Crippen LogP) is 4.16. The predicted molar refractivity (Wildman–Crippen MR) is 148 cm³/mol.